The largest absolute Gasteiger partial charge is 0.355 e. The number of aliphatic imine (C=N–C) groups is 1. The summed E-state index contributed by atoms with van der Waals surface area (Å²) in [4.78, 5) is 21.7. The number of amides is 1. The topological polar surface area (TPSA) is 60.0 Å². The Bertz CT molecular complexity index is 748. The molecule has 1 amide bonds. The summed E-state index contributed by atoms with van der Waals surface area (Å²) in [6, 6.07) is 10.1. The second-order valence-corrected chi connectivity index (χ2v) is 6.97. The van der Waals surface area contributed by atoms with E-state index in [0.29, 0.717) is 12.2 Å². The lowest BCUT2D eigenvalue weighted by molar-refractivity contribution is -0.125. The summed E-state index contributed by atoms with van der Waals surface area (Å²) in [7, 11) is 0. The number of benzene rings is 1. The Morgan fingerprint density at radius 1 is 1.12 bits per heavy atom. The first-order chi connectivity index (χ1) is 11.8. The molecule has 24 heavy (non-hydrogen) atoms. The van der Waals surface area contributed by atoms with Crippen LogP contribution in [0, 0.1) is 0 Å². The Labute approximate surface area is 141 Å². The summed E-state index contributed by atoms with van der Waals surface area (Å²) in [6.45, 7) is 2.12. The monoisotopic (exact) mass is 323 g/mol. The smallest absolute Gasteiger partial charge is 0.280 e. The maximum atomic E-state index is 13.2. The zero-order chi connectivity index (χ0) is 16.1. The van der Waals surface area contributed by atoms with Gasteiger partial charge in [0.05, 0.1) is 13.1 Å². The van der Waals surface area contributed by atoms with Gasteiger partial charge in [-0.3, -0.25) is 19.6 Å². The maximum Gasteiger partial charge on any atom is 0.280 e. The van der Waals surface area contributed by atoms with Crippen LogP contribution in [0.15, 0.2) is 46.8 Å². The van der Waals surface area contributed by atoms with E-state index in [0.717, 1.165) is 43.3 Å². The highest BCUT2D eigenvalue weighted by atomic mass is 16.2. The number of guanidine groups is 1. The zero-order valence-corrected chi connectivity index (χ0v) is 13.6. The van der Waals surface area contributed by atoms with Crippen LogP contribution in [0.25, 0.3) is 0 Å². The molecule has 1 aromatic rings. The first-order valence-corrected chi connectivity index (χ1v) is 8.74. The minimum Gasteiger partial charge on any atom is -0.355 e. The van der Waals surface area contributed by atoms with Crippen LogP contribution < -0.4 is 10.6 Å². The molecular formula is C18H21N5O. The molecule has 3 aliphatic heterocycles. The Morgan fingerprint density at radius 3 is 2.71 bits per heavy atom. The van der Waals surface area contributed by atoms with Crippen molar-refractivity contribution >= 4 is 11.9 Å². The molecular weight excluding hydrogens is 302 g/mol. The summed E-state index contributed by atoms with van der Waals surface area (Å²) in [5.74, 6) is 1.75. The molecule has 0 bridgehead atoms. The van der Waals surface area contributed by atoms with E-state index in [1.54, 1.807) is 0 Å². The molecule has 1 fully saturated rings. The number of rotatable bonds is 2. The number of nitrogens with one attached hydrogen (secondary N) is 2. The predicted molar refractivity (Wildman–Crippen MR) is 90.5 cm³/mol. The molecule has 0 saturated heterocycles. The lowest BCUT2D eigenvalue weighted by Crippen LogP contribution is -2.51. The van der Waals surface area contributed by atoms with Gasteiger partial charge >= 0.3 is 0 Å². The van der Waals surface area contributed by atoms with Gasteiger partial charge in [-0.15, -0.1) is 0 Å². The van der Waals surface area contributed by atoms with Gasteiger partial charge in [0.2, 0.25) is 5.96 Å². The normalized spacial score (nSPS) is 24.0. The molecule has 5 rings (SSSR count). The van der Waals surface area contributed by atoms with Crippen molar-refractivity contribution in [2.24, 2.45) is 4.99 Å². The van der Waals surface area contributed by atoms with Crippen LogP contribution in [0.2, 0.25) is 0 Å². The highest BCUT2D eigenvalue weighted by molar-refractivity contribution is 6.09. The second kappa shape index (κ2) is 5.00. The van der Waals surface area contributed by atoms with Crippen molar-refractivity contribution in [1.82, 2.24) is 20.4 Å². The average molecular weight is 323 g/mol. The molecule has 4 aliphatic rings. The Hall–Kier alpha value is -2.50. The number of fused-ring (bicyclic) bond motifs is 2. The maximum absolute atomic E-state index is 13.2. The van der Waals surface area contributed by atoms with Crippen molar-refractivity contribution in [3.8, 4) is 0 Å². The fourth-order valence-corrected chi connectivity index (χ4v) is 4.22. The molecule has 3 heterocycles. The van der Waals surface area contributed by atoms with E-state index >= 15 is 0 Å². The molecule has 2 N–H and O–H groups in total. The highest BCUT2D eigenvalue weighted by Gasteiger charge is 2.49. The van der Waals surface area contributed by atoms with E-state index in [4.69, 9.17) is 0 Å². The van der Waals surface area contributed by atoms with Crippen LogP contribution in [0.5, 0.6) is 0 Å². The van der Waals surface area contributed by atoms with Crippen molar-refractivity contribution in [3.63, 3.8) is 0 Å². The van der Waals surface area contributed by atoms with Gasteiger partial charge < -0.3 is 10.6 Å². The number of carbonyl (C=O) groups is 1. The van der Waals surface area contributed by atoms with Crippen molar-refractivity contribution in [3.05, 3.63) is 47.4 Å². The molecule has 1 saturated carbocycles. The van der Waals surface area contributed by atoms with Crippen molar-refractivity contribution in [2.75, 3.05) is 13.1 Å². The minimum atomic E-state index is -0.128. The molecule has 1 aliphatic carbocycles. The van der Waals surface area contributed by atoms with Crippen molar-refractivity contribution in [1.29, 1.82) is 0 Å². The fraction of sp³-hybridized carbons (Fsp3) is 0.444. The molecule has 1 aromatic carbocycles. The third-order valence-electron chi connectivity index (χ3n) is 5.39. The molecule has 0 aromatic heterocycles. The third kappa shape index (κ3) is 1.95. The van der Waals surface area contributed by atoms with Gasteiger partial charge in [-0.1, -0.05) is 30.3 Å². The number of hydrogen-bond donors (Lipinski definition) is 2. The van der Waals surface area contributed by atoms with Crippen LogP contribution in [0.3, 0.4) is 0 Å². The van der Waals surface area contributed by atoms with Crippen LogP contribution in [0.1, 0.15) is 31.2 Å². The summed E-state index contributed by atoms with van der Waals surface area (Å²) >= 11 is 0. The summed E-state index contributed by atoms with van der Waals surface area (Å²) in [6.07, 6.45) is 4.52. The van der Waals surface area contributed by atoms with E-state index < -0.39 is 0 Å². The molecule has 6 heteroatoms. The minimum absolute atomic E-state index is 0.0297. The average Bonchev–Trinajstić information content (AvgIpc) is 3.32. The van der Waals surface area contributed by atoms with Gasteiger partial charge in [-0.05, 0) is 31.2 Å². The molecule has 0 atom stereocenters. The van der Waals surface area contributed by atoms with Gasteiger partial charge in [0.25, 0.3) is 5.91 Å². The standard InChI is InChI=1S/C18H21N5O/c24-16-14-15(21-18(20-14)8-4-5-9-18)22-11-10-19-17(22)23(16)12-13-6-2-1-3-7-13/h1-3,6-7,20-21H,4-5,8-12H2. The van der Waals surface area contributed by atoms with Crippen LogP contribution in [-0.4, -0.2) is 40.4 Å². The van der Waals surface area contributed by atoms with Crippen LogP contribution in [-0.2, 0) is 11.3 Å². The van der Waals surface area contributed by atoms with Gasteiger partial charge in [-0.25, -0.2) is 0 Å². The molecule has 124 valence electrons. The molecule has 6 nitrogen and oxygen atoms in total. The van der Waals surface area contributed by atoms with Gasteiger partial charge in [0, 0.05) is 6.54 Å². The van der Waals surface area contributed by atoms with Gasteiger partial charge in [0.15, 0.2) is 0 Å². The Balaban J connectivity index is 1.49. The molecule has 0 unspecified atom stereocenters. The van der Waals surface area contributed by atoms with Crippen molar-refractivity contribution in [2.45, 2.75) is 37.9 Å². The third-order valence-corrected chi connectivity index (χ3v) is 5.39. The Kier molecular flexibility index (Phi) is 2.89. The van der Waals surface area contributed by atoms with E-state index in [1.807, 2.05) is 23.1 Å². The van der Waals surface area contributed by atoms with Crippen LogP contribution in [0.4, 0.5) is 0 Å². The van der Waals surface area contributed by atoms with E-state index in [-0.39, 0.29) is 11.6 Å². The summed E-state index contributed by atoms with van der Waals surface area (Å²) in [5.41, 5.74) is 1.70. The van der Waals surface area contributed by atoms with Gasteiger partial charge in [0.1, 0.15) is 17.2 Å². The number of hydrogen-bond acceptors (Lipinski definition) is 5. The first kappa shape index (κ1) is 13.9. The number of nitrogens with zero attached hydrogens (tertiary/aromatic N) is 3. The lowest BCUT2D eigenvalue weighted by atomic mass is 10.1. The lowest BCUT2D eigenvalue weighted by Gasteiger charge is -2.34. The fourth-order valence-electron chi connectivity index (χ4n) is 4.22. The second-order valence-electron chi connectivity index (χ2n) is 6.97. The number of carbonyl (C=O) groups excluding carboxylic acids is 1. The first-order valence-electron chi connectivity index (χ1n) is 8.74. The van der Waals surface area contributed by atoms with E-state index in [2.05, 4.69) is 32.7 Å². The SMILES string of the molecule is O=C1C2=C(NC3(CCCC3)N2)N2CCN=C2N1Cc1ccccc1. The van der Waals surface area contributed by atoms with E-state index in [1.165, 1.54) is 12.8 Å². The predicted octanol–water partition coefficient (Wildman–Crippen LogP) is 1.33. The molecule has 1 spiro atoms. The molecule has 0 radical (unpaired) electrons. The van der Waals surface area contributed by atoms with Crippen molar-refractivity contribution < 1.29 is 4.79 Å². The van der Waals surface area contributed by atoms with Gasteiger partial charge in [-0.2, -0.15) is 0 Å². The quantitative estimate of drug-likeness (QED) is 0.862. The highest BCUT2D eigenvalue weighted by Crippen LogP contribution is 2.37. The van der Waals surface area contributed by atoms with Crippen LogP contribution >= 0.6 is 0 Å². The summed E-state index contributed by atoms with van der Waals surface area (Å²) < 4.78 is 0. The summed E-state index contributed by atoms with van der Waals surface area (Å²) in [5, 5.41) is 7.15. The Morgan fingerprint density at radius 2 is 1.92 bits per heavy atom. The zero-order valence-electron chi connectivity index (χ0n) is 13.6. The van der Waals surface area contributed by atoms with E-state index in [9.17, 15) is 4.79 Å².